The number of thiocarbonyl (C=S) groups is 1. The molecule has 6 heteroatoms. The van der Waals surface area contributed by atoms with Gasteiger partial charge >= 0.3 is 0 Å². The molecule has 2 aromatic heterocycles. The molecule has 0 radical (unpaired) electrons. The van der Waals surface area contributed by atoms with E-state index in [2.05, 4.69) is 89.1 Å². The molecule has 0 bridgehead atoms. The third-order valence-corrected chi connectivity index (χ3v) is 6.92. The minimum absolute atomic E-state index is 0.0830. The molecule has 2 atom stereocenters. The topological polar surface area (TPSA) is 42.3 Å². The molecule has 1 aliphatic rings. The molecule has 1 N–H and O–H groups in total. The smallest absolute Gasteiger partial charge is 0.174 e. The minimum atomic E-state index is -0.0957. The van der Waals surface area contributed by atoms with Crippen LogP contribution < -0.4 is 15.0 Å². The first-order valence-electron chi connectivity index (χ1n) is 11.4. The van der Waals surface area contributed by atoms with Crippen molar-refractivity contribution in [1.29, 1.82) is 0 Å². The van der Waals surface area contributed by atoms with Gasteiger partial charge in [-0.15, -0.1) is 0 Å². The summed E-state index contributed by atoms with van der Waals surface area (Å²) in [6, 6.07) is 24.9. The number of hydrogen-bond acceptors (Lipinski definition) is 3. The monoisotopic (exact) mass is 468 g/mol. The molecule has 0 spiro atoms. The normalized spacial score (nSPS) is 17.6. The molecule has 1 saturated heterocycles. The lowest BCUT2D eigenvalue weighted by Gasteiger charge is -2.29. The highest BCUT2D eigenvalue weighted by Gasteiger charge is 2.42. The highest BCUT2D eigenvalue weighted by atomic mass is 32.1. The zero-order valence-electron chi connectivity index (χ0n) is 19.8. The quantitative estimate of drug-likeness (QED) is 0.365. The Balaban J connectivity index is 1.69. The Morgan fingerprint density at radius 2 is 1.65 bits per heavy atom. The van der Waals surface area contributed by atoms with Crippen LogP contribution in [0.4, 0.5) is 5.69 Å². The van der Waals surface area contributed by atoms with Crippen molar-refractivity contribution in [3.05, 3.63) is 107 Å². The molecule has 1 aliphatic heterocycles. The molecule has 34 heavy (non-hydrogen) atoms. The molecule has 3 heterocycles. The van der Waals surface area contributed by atoms with Crippen LogP contribution in [0, 0.1) is 20.8 Å². The second-order valence-electron chi connectivity index (χ2n) is 8.70. The van der Waals surface area contributed by atoms with Gasteiger partial charge in [0.25, 0.3) is 0 Å². The fourth-order valence-electron chi connectivity index (χ4n) is 4.68. The summed E-state index contributed by atoms with van der Waals surface area (Å²) in [6.45, 7) is 6.40. The molecule has 0 saturated carbocycles. The molecule has 2 aromatic carbocycles. The van der Waals surface area contributed by atoms with Crippen molar-refractivity contribution in [1.82, 2.24) is 14.9 Å². The van der Waals surface area contributed by atoms with Crippen LogP contribution in [0.5, 0.6) is 5.75 Å². The van der Waals surface area contributed by atoms with Crippen molar-refractivity contribution in [2.24, 2.45) is 0 Å². The maximum atomic E-state index is 5.91. The number of aryl methyl sites for hydroxylation is 3. The Hall–Kier alpha value is -3.64. The van der Waals surface area contributed by atoms with Crippen LogP contribution in [0.25, 0.3) is 5.69 Å². The van der Waals surface area contributed by atoms with Crippen molar-refractivity contribution in [3.8, 4) is 11.4 Å². The summed E-state index contributed by atoms with van der Waals surface area (Å²) >= 11 is 5.91. The Labute approximate surface area is 206 Å². The number of nitrogens with zero attached hydrogens (tertiary/aromatic N) is 3. The maximum absolute atomic E-state index is 5.91. The van der Waals surface area contributed by atoms with E-state index in [-0.39, 0.29) is 12.1 Å². The minimum Gasteiger partial charge on any atom is -0.497 e. The van der Waals surface area contributed by atoms with Gasteiger partial charge in [-0.05, 0) is 105 Å². The number of nitrogens with one attached hydrogen (secondary N) is 1. The summed E-state index contributed by atoms with van der Waals surface area (Å²) in [5.41, 5.74) is 7.90. The predicted molar refractivity (Wildman–Crippen MR) is 141 cm³/mol. The highest BCUT2D eigenvalue weighted by Crippen LogP contribution is 2.43. The van der Waals surface area contributed by atoms with E-state index in [1.54, 1.807) is 7.11 Å². The maximum Gasteiger partial charge on any atom is 0.174 e. The van der Waals surface area contributed by atoms with E-state index < -0.39 is 0 Å². The molecule has 0 amide bonds. The van der Waals surface area contributed by atoms with Crippen LogP contribution in [0.3, 0.4) is 0 Å². The van der Waals surface area contributed by atoms with Crippen LogP contribution in [0.2, 0.25) is 0 Å². The molecule has 172 valence electrons. The largest absolute Gasteiger partial charge is 0.497 e. The lowest BCUT2D eigenvalue weighted by molar-refractivity contribution is 0.414. The number of rotatable bonds is 5. The standard InChI is InChI=1S/C28H28N4OS/c1-18-8-10-22(17-19(18)2)32-27(26(30-28(32)34)24-7-5-6-16-29-24)25-15-9-20(3)31(25)21-11-13-23(33-4)14-12-21/h5-17,26-27H,1-4H3,(H,30,34)/t26-,27+/m0/s1. The zero-order valence-corrected chi connectivity index (χ0v) is 20.6. The van der Waals surface area contributed by atoms with Crippen LogP contribution in [0.1, 0.15) is 40.3 Å². The van der Waals surface area contributed by atoms with Crippen molar-refractivity contribution in [2.75, 3.05) is 12.0 Å². The number of aromatic nitrogens is 2. The van der Waals surface area contributed by atoms with Crippen LogP contribution in [-0.4, -0.2) is 21.8 Å². The van der Waals surface area contributed by atoms with E-state index in [0.717, 1.165) is 34.2 Å². The number of anilines is 1. The van der Waals surface area contributed by atoms with Crippen LogP contribution >= 0.6 is 12.2 Å². The fourth-order valence-corrected chi connectivity index (χ4v) is 5.03. The SMILES string of the molecule is COc1ccc(-n2c(C)ccc2[C@@H]2[C@H](c3ccccn3)NC(=S)N2c2ccc(C)c(C)c2)cc1. The zero-order chi connectivity index (χ0) is 23.8. The van der Waals surface area contributed by atoms with Crippen molar-refractivity contribution < 1.29 is 4.74 Å². The molecule has 5 rings (SSSR count). The van der Waals surface area contributed by atoms with Gasteiger partial charge in [0, 0.05) is 29.0 Å². The number of hydrogen-bond donors (Lipinski definition) is 1. The third kappa shape index (κ3) is 3.84. The molecular formula is C28H28N4OS. The summed E-state index contributed by atoms with van der Waals surface area (Å²) in [6.07, 6.45) is 1.84. The van der Waals surface area contributed by atoms with Crippen LogP contribution in [0.15, 0.2) is 79.0 Å². The summed E-state index contributed by atoms with van der Waals surface area (Å²) < 4.78 is 7.67. The van der Waals surface area contributed by atoms with E-state index in [1.165, 1.54) is 11.1 Å². The molecule has 1 fully saturated rings. The van der Waals surface area contributed by atoms with Gasteiger partial charge in [-0.25, -0.2) is 0 Å². The third-order valence-electron chi connectivity index (χ3n) is 6.61. The molecule has 4 aromatic rings. The van der Waals surface area contributed by atoms with Crippen molar-refractivity contribution >= 4 is 23.0 Å². The number of methoxy groups -OCH3 is 1. The van der Waals surface area contributed by atoms with Crippen molar-refractivity contribution in [2.45, 2.75) is 32.9 Å². The predicted octanol–water partition coefficient (Wildman–Crippen LogP) is 5.98. The molecule has 0 unspecified atom stereocenters. The van der Waals surface area contributed by atoms with Gasteiger partial charge in [-0.2, -0.15) is 0 Å². The van der Waals surface area contributed by atoms with E-state index in [1.807, 2.05) is 30.5 Å². The van der Waals surface area contributed by atoms with Gasteiger partial charge in [0.05, 0.1) is 18.8 Å². The lowest BCUT2D eigenvalue weighted by Crippen LogP contribution is -2.30. The van der Waals surface area contributed by atoms with Gasteiger partial charge in [0.2, 0.25) is 0 Å². The number of ether oxygens (including phenoxy) is 1. The Morgan fingerprint density at radius 1 is 0.882 bits per heavy atom. The van der Waals surface area contributed by atoms with E-state index in [9.17, 15) is 0 Å². The summed E-state index contributed by atoms with van der Waals surface area (Å²) in [5.74, 6) is 0.835. The number of benzene rings is 2. The number of pyridine rings is 1. The first kappa shape index (κ1) is 22.2. The Kier molecular flexibility index (Phi) is 5.84. The molecule has 5 nitrogen and oxygen atoms in total. The van der Waals surface area contributed by atoms with Crippen molar-refractivity contribution in [3.63, 3.8) is 0 Å². The first-order valence-corrected chi connectivity index (χ1v) is 11.8. The van der Waals surface area contributed by atoms with Gasteiger partial charge < -0.3 is 19.5 Å². The van der Waals surface area contributed by atoms with E-state index >= 15 is 0 Å². The van der Waals surface area contributed by atoms with Gasteiger partial charge in [0.1, 0.15) is 11.8 Å². The van der Waals surface area contributed by atoms with Crippen LogP contribution in [-0.2, 0) is 0 Å². The molecular weight excluding hydrogens is 440 g/mol. The lowest BCUT2D eigenvalue weighted by atomic mass is 10.00. The Bertz CT molecular complexity index is 1330. The summed E-state index contributed by atoms with van der Waals surface area (Å²) in [5, 5.41) is 4.27. The van der Waals surface area contributed by atoms with Gasteiger partial charge in [0.15, 0.2) is 5.11 Å². The van der Waals surface area contributed by atoms with Gasteiger partial charge in [-0.3, -0.25) is 4.98 Å². The second-order valence-corrected chi connectivity index (χ2v) is 9.08. The Morgan fingerprint density at radius 3 is 2.32 bits per heavy atom. The fraction of sp³-hybridized carbons (Fsp3) is 0.214. The molecule has 0 aliphatic carbocycles. The summed E-state index contributed by atoms with van der Waals surface area (Å²) in [4.78, 5) is 6.92. The average molecular weight is 469 g/mol. The first-order chi connectivity index (χ1) is 16.5. The average Bonchev–Trinajstić information content (AvgIpc) is 3.40. The second kappa shape index (κ2) is 8.95. The highest BCUT2D eigenvalue weighted by molar-refractivity contribution is 7.80. The van der Waals surface area contributed by atoms with E-state index in [4.69, 9.17) is 17.0 Å². The summed E-state index contributed by atoms with van der Waals surface area (Å²) in [7, 11) is 1.69. The van der Waals surface area contributed by atoms with Gasteiger partial charge in [-0.1, -0.05) is 12.1 Å². The van der Waals surface area contributed by atoms with E-state index in [0.29, 0.717) is 5.11 Å².